The number of aliphatic hydroxyl groups is 8. The number of aromatic hydroxyl groups is 1. The smallest absolute Gasteiger partial charge is 0.264 e. The summed E-state index contributed by atoms with van der Waals surface area (Å²) in [6.45, 7) is 3.25. The zero-order valence-corrected chi connectivity index (χ0v) is 65.1. The first kappa shape index (κ1) is 82.7. The van der Waals surface area contributed by atoms with Crippen LogP contribution in [0.25, 0.3) is 11.1 Å². The van der Waals surface area contributed by atoms with E-state index in [1.165, 1.54) is 55.6 Å². The van der Waals surface area contributed by atoms with Crippen LogP contribution >= 0.6 is 23.2 Å². The fourth-order valence-corrected chi connectivity index (χ4v) is 18.6. The number of benzene rings is 6. The molecule has 1 saturated heterocycles. The van der Waals surface area contributed by atoms with Gasteiger partial charge in [-0.1, -0.05) is 61.3 Å². The molecule has 8 amide bonds. The summed E-state index contributed by atoms with van der Waals surface area (Å²) in [6, 6.07) is 4.85. The van der Waals surface area contributed by atoms with Gasteiger partial charge in [0, 0.05) is 23.7 Å². The van der Waals surface area contributed by atoms with E-state index in [-0.39, 0.29) is 93.0 Å². The van der Waals surface area contributed by atoms with Crippen molar-refractivity contribution in [1.29, 1.82) is 0 Å². The van der Waals surface area contributed by atoms with Gasteiger partial charge in [0.25, 0.3) is 10.0 Å². The standard InChI is InChI=1S/C79H88Cl2N10O24S/c1-32(2)17-50(83-4)71(100)89-63-65(95)36-6-13-52(48(80)24-36)112-54-26-40-27-55(70(54)115-78-69(99)68(98)67(97)56(31-92)114-78)113-53-14-7-37(25-49(53)81)66(96)64-77(106)88-62(75(104)85-59-38-19-33-18-34(21-38)22-39(59)20-33)45-28-41(93)29-47-58(45)44-23-35(5-12-46(44)79(47,107)108)60(73(102)90-64)87-74(103)61(40)86-72(101)51(84-76(63)105)30-57(94)91-116(109,110)43-10-8-42(9-11-43)111-16-15-82-3/h5-14,23-29,32-34,38-39,50-51,56,59-69,78,82-83,92-93,95-99,107-108H,15-22,30-31H2,1-4H3,(H,84,105)(H,85,104)(H,86,101)(H,87,103)(H,88,106)(H,89,100)(H,90,102)(H,91,94). The average molecular weight is 1660 g/mol. The number of phenolic OH excluding ortho intramolecular Hbond substituents is 1. The van der Waals surface area contributed by atoms with E-state index in [1.807, 2.05) is 4.72 Å². The molecule has 116 heavy (non-hydrogen) atoms. The molecule has 37 heteroatoms. The molecule has 0 spiro atoms. The summed E-state index contributed by atoms with van der Waals surface area (Å²) in [4.78, 5) is 124. The van der Waals surface area contributed by atoms with Crippen molar-refractivity contribution in [1.82, 2.24) is 52.6 Å². The quantitative estimate of drug-likeness (QED) is 0.0427. The number of hydrogen-bond donors (Lipinski definition) is 19. The number of amides is 8. The molecule has 5 aliphatic carbocycles. The van der Waals surface area contributed by atoms with Crippen LogP contribution in [0.1, 0.15) is 128 Å². The lowest BCUT2D eigenvalue weighted by molar-refractivity contribution is -0.277. The van der Waals surface area contributed by atoms with E-state index >= 15 is 28.8 Å². The molecule has 14 unspecified atom stereocenters. The fourth-order valence-electron chi connectivity index (χ4n) is 17.1. The third kappa shape index (κ3) is 16.5. The van der Waals surface area contributed by atoms with Gasteiger partial charge in [-0.15, -0.1) is 0 Å². The topological polar surface area (TPSA) is 519 Å². The van der Waals surface area contributed by atoms with E-state index in [1.54, 1.807) is 20.9 Å². The molecular weight excluding hydrogens is 1580 g/mol. The molecule has 6 aliphatic heterocycles. The maximum absolute atomic E-state index is 16.5. The van der Waals surface area contributed by atoms with Crippen LogP contribution in [0.5, 0.6) is 40.2 Å². The molecule has 618 valence electrons. The summed E-state index contributed by atoms with van der Waals surface area (Å²) in [6.07, 6.45) is -11.1. The first-order valence-electron chi connectivity index (χ1n) is 37.9. The number of halogens is 2. The van der Waals surface area contributed by atoms with Crippen LogP contribution in [0.3, 0.4) is 0 Å². The summed E-state index contributed by atoms with van der Waals surface area (Å²) in [5.74, 6) is -15.4. The number of aliphatic hydroxyl groups excluding tert-OH is 6. The number of carbonyl (C=O) groups excluding carboxylic acids is 8. The Morgan fingerprint density at radius 1 is 0.647 bits per heavy atom. The molecule has 15 bridgehead atoms. The van der Waals surface area contributed by atoms with Crippen molar-refractivity contribution in [3.05, 3.63) is 152 Å². The largest absolute Gasteiger partial charge is 0.508 e. The molecule has 6 aromatic rings. The van der Waals surface area contributed by atoms with Crippen LogP contribution in [-0.4, -0.2) is 196 Å². The highest BCUT2D eigenvalue weighted by Crippen LogP contribution is 2.56. The van der Waals surface area contributed by atoms with Crippen molar-refractivity contribution in [2.75, 3.05) is 33.9 Å². The van der Waals surface area contributed by atoms with Crippen LogP contribution in [0, 0.1) is 29.6 Å². The Morgan fingerprint density at radius 2 is 1.26 bits per heavy atom. The lowest BCUT2D eigenvalue weighted by Gasteiger charge is -2.54. The molecule has 19 N–H and O–H groups in total. The summed E-state index contributed by atoms with van der Waals surface area (Å²) in [7, 11) is -1.75. The predicted molar refractivity (Wildman–Crippen MR) is 408 cm³/mol. The van der Waals surface area contributed by atoms with Gasteiger partial charge in [0.1, 0.15) is 102 Å². The van der Waals surface area contributed by atoms with E-state index in [4.69, 9.17) is 46.9 Å². The molecule has 14 atom stereocenters. The Kier molecular flexibility index (Phi) is 23.7. The lowest BCUT2D eigenvalue weighted by Crippen LogP contribution is -2.60. The molecule has 6 heterocycles. The Hall–Kier alpha value is -9.83. The summed E-state index contributed by atoms with van der Waals surface area (Å²) >= 11 is 14.2. The van der Waals surface area contributed by atoms with Crippen LogP contribution in [0.4, 0.5) is 0 Å². The minimum absolute atomic E-state index is 0.0688. The normalized spacial score (nSPS) is 28.7. The molecular formula is C79H88Cl2N10O24S. The SMILES string of the molecule is CNCCOc1ccc(S(=O)(=O)NC(=O)CC2NC(=O)C(NC(=O)C(CC(C)C)NC)C(O)c3ccc(c(Cl)c3)Oc3cc4cc(c3OC3OC(CO)C(O)C(O)C3O)Oc3ccc(cc3Cl)C(O)C3NC(=O)C(NC(=O)C4NC2=O)c2ccc4c(c2)-c2c(cc(O)cc2C4(O)O)C(C(=O)NC2C4CC5CC(C4)CC2C5)NC3=O)cc1. The van der Waals surface area contributed by atoms with E-state index in [0.717, 1.165) is 86.7 Å². The van der Waals surface area contributed by atoms with Gasteiger partial charge in [0.05, 0.1) is 34.0 Å². The van der Waals surface area contributed by atoms with Crippen LogP contribution in [0.2, 0.25) is 10.0 Å². The average Bonchev–Trinajstić information content (AvgIpc) is 1.55. The number of likely N-dealkylation sites (N-methyl/N-ethyl adjacent to an activating group) is 2. The monoisotopic (exact) mass is 1660 g/mol. The second-order valence-corrected chi connectivity index (χ2v) is 33.5. The van der Waals surface area contributed by atoms with E-state index in [2.05, 4.69) is 47.9 Å². The van der Waals surface area contributed by atoms with Crippen molar-refractivity contribution in [2.45, 2.75) is 161 Å². The molecule has 0 radical (unpaired) electrons. The molecule has 0 aromatic heterocycles. The fraction of sp³-hybridized carbons (Fsp3) is 0.443. The van der Waals surface area contributed by atoms with Gasteiger partial charge >= 0.3 is 0 Å². The summed E-state index contributed by atoms with van der Waals surface area (Å²) < 4.78 is 61.2. The van der Waals surface area contributed by atoms with Gasteiger partial charge in [0.15, 0.2) is 11.5 Å². The molecule has 34 nitrogen and oxygen atoms in total. The van der Waals surface area contributed by atoms with Gasteiger partial charge in [-0.05, 0) is 200 Å². The lowest BCUT2D eigenvalue weighted by atomic mass is 9.54. The second-order valence-electron chi connectivity index (χ2n) is 31.0. The predicted octanol–water partition coefficient (Wildman–Crippen LogP) is 1.43. The highest BCUT2D eigenvalue weighted by atomic mass is 35.5. The minimum Gasteiger partial charge on any atom is -0.508 e. The molecule has 11 aliphatic rings. The van der Waals surface area contributed by atoms with E-state index < -0.39 is 210 Å². The second kappa shape index (κ2) is 33.3. The van der Waals surface area contributed by atoms with Crippen molar-refractivity contribution in [2.24, 2.45) is 29.6 Å². The Morgan fingerprint density at radius 3 is 1.87 bits per heavy atom. The third-order valence-corrected chi connectivity index (χ3v) is 24.7. The van der Waals surface area contributed by atoms with E-state index in [0.29, 0.717) is 18.4 Å². The van der Waals surface area contributed by atoms with Crippen molar-refractivity contribution in [3.8, 4) is 51.4 Å². The zero-order chi connectivity index (χ0) is 82.8. The first-order valence-corrected chi connectivity index (χ1v) is 40.1. The van der Waals surface area contributed by atoms with Gasteiger partial charge in [-0.25, -0.2) is 13.1 Å². The van der Waals surface area contributed by atoms with Crippen LogP contribution in [-0.2, 0) is 58.9 Å². The number of rotatable bonds is 18. The van der Waals surface area contributed by atoms with Crippen molar-refractivity contribution >= 4 is 80.5 Å². The highest BCUT2D eigenvalue weighted by molar-refractivity contribution is 7.90. The Bertz CT molecular complexity index is 4970. The van der Waals surface area contributed by atoms with Gasteiger partial charge in [-0.3, -0.25) is 38.4 Å². The number of hydrogen-bond acceptors (Lipinski definition) is 26. The number of phenols is 1. The van der Waals surface area contributed by atoms with E-state index in [9.17, 15) is 64.0 Å². The number of carbonyl (C=O) groups is 8. The van der Waals surface area contributed by atoms with Crippen LogP contribution in [0.15, 0.2) is 108 Å². The van der Waals surface area contributed by atoms with Crippen molar-refractivity contribution in [3.63, 3.8) is 0 Å². The summed E-state index contributed by atoms with van der Waals surface area (Å²) in [5.41, 5.74) is -2.33. The first-order chi connectivity index (χ1) is 55.2. The maximum atomic E-state index is 16.5. The summed E-state index contributed by atoms with van der Waals surface area (Å²) in [5, 5.41) is 129. The number of sulfonamides is 1. The van der Waals surface area contributed by atoms with Gasteiger partial charge in [0.2, 0.25) is 65.1 Å². The Labute approximate surface area is 673 Å². The Balaban J connectivity index is 0.954. The maximum Gasteiger partial charge on any atom is 0.264 e. The highest BCUT2D eigenvalue weighted by Gasteiger charge is 2.52. The van der Waals surface area contributed by atoms with Gasteiger partial charge < -0.3 is 117 Å². The number of ether oxygens (including phenoxy) is 5. The molecule has 17 rings (SSSR count). The minimum atomic E-state index is -4.90. The molecule has 4 saturated carbocycles. The molecule has 5 fully saturated rings. The number of nitrogens with one attached hydrogen (secondary N) is 10. The van der Waals surface area contributed by atoms with Crippen LogP contribution < -0.4 is 71.5 Å². The molecule has 6 aromatic carbocycles. The van der Waals surface area contributed by atoms with Crippen molar-refractivity contribution < 1.29 is 116 Å². The third-order valence-electron chi connectivity index (χ3n) is 22.7. The van der Waals surface area contributed by atoms with Gasteiger partial charge in [-0.2, -0.15) is 0 Å². The number of fused-ring (bicyclic) bond motifs is 12. The zero-order valence-electron chi connectivity index (χ0n) is 62.7.